The van der Waals surface area contributed by atoms with Crippen molar-refractivity contribution < 1.29 is 0 Å². The van der Waals surface area contributed by atoms with Gasteiger partial charge in [-0.15, -0.1) is 0 Å². The summed E-state index contributed by atoms with van der Waals surface area (Å²) in [5.74, 6) is 0. The van der Waals surface area contributed by atoms with E-state index in [0.717, 1.165) is 10.4 Å². The van der Waals surface area contributed by atoms with E-state index in [1.54, 1.807) is 0 Å². The molecule has 0 bridgehead atoms. The van der Waals surface area contributed by atoms with Gasteiger partial charge in [-0.25, -0.2) is 4.98 Å². The van der Waals surface area contributed by atoms with Crippen LogP contribution in [0.3, 0.4) is 0 Å². The van der Waals surface area contributed by atoms with Gasteiger partial charge >= 0.3 is 0 Å². The lowest BCUT2D eigenvalue weighted by atomic mass is 10.4. The Bertz CT molecular complexity index is 284. The van der Waals surface area contributed by atoms with Gasteiger partial charge in [0.1, 0.15) is 0 Å². The van der Waals surface area contributed by atoms with E-state index < -0.39 is 0 Å². The number of aryl methyl sites for hydroxylation is 1. The molecule has 0 radical (unpaired) electrons. The van der Waals surface area contributed by atoms with Crippen LogP contribution >= 0.6 is 11.8 Å². The zero-order valence-corrected chi connectivity index (χ0v) is 8.92. The van der Waals surface area contributed by atoms with Crippen LogP contribution in [0.5, 0.6) is 0 Å². The second-order valence-electron chi connectivity index (χ2n) is 3.61. The molecule has 13 heavy (non-hydrogen) atoms. The lowest BCUT2D eigenvalue weighted by Gasteiger charge is -2.09. The highest BCUT2D eigenvalue weighted by Gasteiger charge is 2.21. The molecule has 0 N–H and O–H groups in total. The average molecular weight is 197 g/mol. The lowest BCUT2D eigenvalue weighted by Crippen LogP contribution is -2.15. The molecule has 72 valence electrons. The summed E-state index contributed by atoms with van der Waals surface area (Å²) in [6, 6.07) is 0. The normalized spacial score (nSPS) is 24.0. The highest BCUT2D eigenvalue weighted by Crippen LogP contribution is 2.27. The molecule has 0 saturated carbocycles. The number of hydrogen-bond donors (Lipinski definition) is 0. The molecule has 1 aliphatic heterocycles. The van der Waals surface area contributed by atoms with E-state index in [-0.39, 0.29) is 0 Å². The first kappa shape index (κ1) is 9.09. The zero-order valence-electron chi connectivity index (χ0n) is 8.10. The summed E-state index contributed by atoms with van der Waals surface area (Å²) < 4.78 is 2.09. The van der Waals surface area contributed by atoms with E-state index in [1.165, 1.54) is 19.5 Å². The van der Waals surface area contributed by atoms with Crippen LogP contribution in [0.1, 0.15) is 6.42 Å². The third-order valence-corrected chi connectivity index (χ3v) is 3.72. The second-order valence-corrected chi connectivity index (χ2v) is 4.88. The van der Waals surface area contributed by atoms with Gasteiger partial charge in [-0.05, 0) is 20.0 Å². The van der Waals surface area contributed by atoms with Gasteiger partial charge in [0.25, 0.3) is 0 Å². The quantitative estimate of drug-likeness (QED) is 0.711. The molecular weight excluding hydrogens is 182 g/mol. The Kier molecular flexibility index (Phi) is 2.60. The molecule has 1 unspecified atom stereocenters. The van der Waals surface area contributed by atoms with Crippen molar-refractivity contribution in [3.63, 3.8) is 0 Å². The van der Waals surface area contributed by atoms with Gasteiger partial charge in [-0.2, -0.15) is 0 Å². The first-order valence-electron chi connectivity index (χ1n) is 4.58. The molecule has 0 spiro atoms. The minimum atomic E-state index is 0.728. The summed E-state index contributed by atoms with van der Waals surface area (Å²) in [5.41, 5.74) is 0. The Morgan fingerprint density at radius 1 is 1.54 bits per heavy atom. The fourth-order valence-corrected chi connectivity index (χ4v) is 2.80. The molecule has 2 rings (SSSR count). The molecule has 1 atom stereocenters. The van der Waals surface area contributed by atoms with Gasteiger partial charge in [0, 0.05) is 31.2 Å². The monoisotopic (exact) mass is 197 g/mol. The van der Waals surface area contributed by atoms with Gasteiger partial charge in [-0.1, -0.05) is 11.8 Å². The first-order valence-corrected chi connectivity index (χ1v) is 5.46. The number of hydrogen-bond acceptors (Lipinski definition) is 3. The second kappa shape index (κ2) is 3.72. The maximum Gasteiger partial charge on any atom is 0.167 e. The van der Waals surface area contributed by atoms with Crippen LogP contribution in [0.15, 0.2) is 17.6 Å². The molecule has 4 heteroatoms. The minimum absolute atomic E-state index is 0.728. The van der Waals surface area contributed by atoms with Gasteiger partial charge < -0.3 is 9.47 Å². The highest BCUT2D eigenvalue weighted by molar-refractivity contribution is 7.99. The predicted octanol–water partition coefficient (Wildman–Crippen LogP) is 1.22. The molecule has 0 aromatic carbocycles. The van der Waals surface area contributed by atoms with Crippen molar-refractivity contribution >= 4 is 11.8 Å². The molecule has 0 amide bonds. The third-order valence-electron chi connectivity index (χ3n) is 2.40. The van der Waals surface area contributed by atoms with Crippen molar-refractivity contribution in [1.29, 1.82) is 0 Å². The van der Waals surface area contributed by atoms with E-state index in [9.17, 15) is 0 Å². The van der Waals surface area contributed by atoms with Crippen LogP contribution in [0.25, 0.3) is 0 Å². The van der Waals surface area contributed by atoms with Gasteiger partial charge in [0.15, 0.2) is 5.16 Å². The maximum atomic E-state index is 4.31. The third kappa shape index (κ3) is 2.06. The largest absolute Gasteiger partial charge is 0.329 e. The smallest absolute Gasteiger partial charge is 0.167 e. The summed E-state index contributed by atoms with van der Waals surface area (Å²) in [5, 5.41) is 1.87. The Morgan fingerprint density at radius 2 is 2.38 bits per heavy atom. The predicted molar refractivity (Wildman–Crippen MR) is 55.0 cm³/mol. The van der Waals surface area contributed by atoms with Crippen molar-refractivity contribution in [2.75, 3.05) is 20.1 Å². The topological polar surface area (TPSA) is 21.1 Å². The van der Waals surface area contributed by atoms with Crippen molar-refractivity contribution in [1.82, 2.24) is 14.5 Å². The van der Waals surface area contributed by atoms with Gasteiger partial charge in [-0.3, -0.25) is 0 Å². The molecule has 1 fully saturated rings. The standard InChI is InChI=1S/C9H15N3S/c1-11-5-3-8(7-11)13-9-10-4-6-12(9)2/h4,6,8H,3,5,7H2,1-2H3. The van der Waals surface area contributed by atoms with Crippen molar-refractivity contribution in [2.45, 2.75) is 16.8 Å². The molecule has 0 aliphatic carbocycles. The first-order chi connectivity index (χ1) is 6.25. The molecule has 3 nitrogen and oxygen atoms in total. The van der Waals surface area contributed by atoms with E-state index in [0.29, 0.717) is 0 Å². The van der Waals surface area contributed by atoms with E-state index >= 15 is 0 Å². The summed E-state index contributed by atoms with van der Waals surface area (Å²) in [6.07, 6.45) is 5.15. The van der Waals surface area contributed by atoms with E-state index in [4.69, 9.17) is 0 Å². The summed E-state index contributed by atoms with van der Waals surface area (Å²) >= 11 is 1.90. The Hall–Kier alpha value is -0.480. The minimum Gasteiger partial charge on any atom is -0.329 e. The molecule has 1 aromatic rings. The number of thioether (sulfide) groups is 1. The molecule has 1 aromatic heterocycles. The zero-order chi connectivity index (χ0) is 9.26. The summed E-state index contributed by atoms with van der Waals surface area (Å²) in [6.45, 7) is 2.42. The van der Waals surface area contributed by atoms with Gasteiger partial charge in [0.05, 0.1) is 0 Å². The van der Waals surface area contributed by atoms with E-state index in [1.807, 2.05) is 31.2 Å². The number of nitrogens with zero attached hydrogens (tertiary/aromatic N) is 3. The fourth-order valence-electron chi connectivity index (χ4n) is 1.61. The SMILES string of the molecule is CN1CCC(Sc2nccn2C)C1. The van der Waals surface area contributed by atoms with Crippen LogP contribution in [0.2, 0.25) is 0 Å². The number of likely N-dealkylation sites (tertiary alicyclic amines) is 1. The molecule has 1 saturated heterocycles. The van der Waals surface area contributed by atoms with Crippen molar-refractivity contribution in [3.8, 4) is 0 Å². The van der Waals surface area contributed by atoms with Crippen molar-refractivity contribution in [3.05, 3.63) is 12.4 Å². The van der Waals surface area contributed by atoms with Crippen LogP contribution in [0, 0.1) is 0 Å². The van der Waals surface area contributed by atoms with Crippen LogP contribution in [-0.4, -0.2) is 39.8 Å². The van der Waals surface area contributed by atoms with Crippen LogP contribution < -0.4 is 0 Å². The number of aromatic nitrogens is 2. The summed E-state index contributed by atoms with van der Waals surface area (Å²) in [4.78, 5) is 6.69. The number of rotatable bonds is 2. The number of imidazole rings is 1. The molecule has 1 aliphatic rings. The van der Waals surface area contributed by atoms with Gasteiger partial charge in [0.2, 0.25) is 0 Å². The Morgan fingerprint density at radius 3 is 2.92 bits per heavy atom. The summed E-state index contributed by atoms with van der Waals surface area (Å²) in [7, 11) is 4.23. The molecular formula is C9H15N3S. The van der Waals surface area contributed by atoms with E-state index in [2.05, 4.69) is 21.5 Å². The Labute approximate surface area is 83.1 Å². The van der Waals surface area contributed by atoms with Crippen molar-refractivity contribution in [2.24, 2.45) is 7.05 Å². The van der Waals surface area contributed by atoms with Crippen LogP contribution in [-0.2, 0) is 7.05 Å². The van der Waals surface area contributed by atoms with Crippen LogP contribution in [0.4, 0.5) is 0 Å². The lowest BCUT2D eigenvalue weighted by molar-refractivity contribution is 0.419. The Balaban J connectivity index is 1.95. The average Bonchev–Trinajstić information content (AvgIpc) is 2.64. The fraction of sp³-hybridized carbons (Fsp3) is 0.667. The maximum absolute atomic E-state index is 4.31. The molecule has 2 heterocycles. The highest BCUT2D eigenvalue weighted by atomic mass is 32.2.